The molecule has 5 heteroatoms. The largest absolute Gasteiger partial charge is 0.507 e. The molecule has 0 amide bonds. The van der Waals surface area contributed by atoms with Crippen LogP contribution in [-0.2, 0) is 9.63 Å². The number of hydrogen-bond donors (Lipinski definition) is 2. The molecule has 0 heterocycles. The smallest absolute Gasteiger partial charge is 0.344 e. The van der Waals surface area contributed by atoms with Gasteiger partial charge in [0.1, 0.15) is 5.75 Å². The summed E-state index contributed by atoms with van der Waals surface area (Å²) in [5.41, 5.74) is 2.22. The van der Waals surface area contributed by atoms with Crippen LogP contribution >= 0.6 is 0 Å². The third-order valence-electron chi connectivity index (χ3n) is 1.98. The first-order valence-electron chi connectivity index (χ1n) is 4.68. The average Bonchev–Trinajstić information content (AvgIpc) is 2.20. The highest BCUT2D eigenvalue weighted by atomic mass is 16.6. The number of nitrogens with zero attached hydrogens (tertiary/aromatic N) is 1. The van der Waals surface area contributed by atoms with Crippen molar-refractivity contribution in [2.75, 3.05) is 6.61 Å². The number of carboxylic acid groups (broad SMARTS) is 1. The predicted molar refractivity (Wildman–Crippen MR) is 58.8 cm³/mol. The monoisotopic (exact) mass is 223 g/mol. The zero-order valence-corrected chi connectivity index (χ0v) is 9.10. The van der Waals surface area contributed by atoms with E-state index in [0.29, 0.717) is 0 Å². The van der Waals surface area contributed by atoms with Gasteiger partial charge >= 0.3 is 5.97 Å². The summed E-state index contributed by atoms with van der Waals surface area (Å²) in [6, 6.07) is 3.46. The summed E-state index contributed by atoms with van der Waals surface area (Å²) >= 11 is 0. The Morgan fingerprint density at radius 2 is 2.00 bits per heavy atom. The van der Waals surface area contributed by atoms with Gasteiger partial charge in [0.25, 0.3) is 0 Å². The van der Waals surface area contributed by atoms with Gasteiger partial charge in [0.05, 0.1) is 6.21 Å². The number of hydrogen-bond acceptors (Lipinski definition) is 4. The quantitative estimate of drug-likeness (QED) is 0.598. The number of rotatable bonds is 4. The van der Waals surface area contributed by atoms with Gasteiger partial charge < -0.3 is 15.1 Å². The highest BCUT2D eigenvalue weighted by molar-refractivity contribution is 5.80. The second-order valence-corrected chi connectivity index (χ2v) is 3.40. The molecule has 0 aliphatic rings. The minimum absolute atomic E-state index is 0.253. The van der Waals surface area contributed by atoms with Crippen molar-refractivity contribution in [3.05, 3.63) is 28.8 Å². The third kappa shape index (κ3) is 3.27. The van der Waals surface area contributed by atoms with E-state index in [2.05, 4.69) is 9.99 Å². The Hall–Kier alpha value is -2.04. The van der Waals surface area contributed by atoms with Gasteiger partial charge in [0, 0.05) is 0 Å². The Balaban J connectivity index is 2.71. The summed E-state index contributed by atoms with van der Waals surface area (Å²) in [5.74, 6) is -0.821. The Morgan fingerprint density at radius 1 is 1.44 bits per heavy atom. The van der Waals surface area contributed by atoms with E-state index in [1.54, 1.807) is 26.0 Å². The second-order valence-electron chi connectivity index (χ2n) is 3.40. The van der Waals surface area contributed by atoms with E-state index in [0.717, 1.165) is 16.7 Å². The number of phenolic OH excluding ortho intramolecular Hbond substituents is 1. The van der Waals surface area contributed by atoms with Gasteiger partial charge in [0.15, 0.2) is 0 Å². The summed E-state index contributed by atoms with van der Waals surface area (Å²) in [7, 11) is 0. The molecule has 5 nitrogen and oxygen atoms in total. The SMILES string of the molecule is Cc1cc(C=NOCC(=O)O)cc(C)c1O. The van der Waals surface area contributed by atoms with Crippen LogP contribution in [0.15, 0.2) is 17.3 Å². The van der Waals surface area contributed by atoms with E-state index in [4.69, 9.17) is 5.11 Å². The molecule has 0 spiro atoms. The molecule has 1 aromatic carbocycles. The van der Waals surface area contributed by atoms with Crippen molar-refractivity contribution in [3.63, 3.8) is 0 Å². The molecule has 0 saturated heterocycles. The lowest BCUT2D eigenvalue weighted by atomic mass is 10.1. The number of carboxylic acids is 1. The maximum Gasteiger partial charge on any atom is 0.344 e. The van der Waals surface area contributed by atoms with Gasteiger partial charge in [-0.05, 0) is 42.7 Å². The van der Waals surface area contributed by atoms with Gasteiger partial charge in [-0.25, -0.2) is 4.79 Å². The zero-order chi connectivity index (χ0) is 12.1. The van der Waals surface area contributed by atoms with Gasteiger partial charge in [-0.15, -0.1) is 0 Å². The highest BCUT2D eigenvalue weighted by Crippen LogP contribution is 2.21. The molecule has 0 aromatic heterocycles. The van der Waals surface area contributed by atoms with Gasteiger partial charge in [0.2, 0.25) is 6.61 Å². The normalized spacial score (nSPS) is 10.6. The lowest BCUT2D eigenvalue weighted by Crippen LogP contribution is -2.03. The first kappa shape index (κ1) is 12.0. The molecule has 0 atom stereocenters. The van der Waals surface area contributed by atoms with Crippen LogP contribution in [0.3, 0.4) is 0 Å². The molecule has 0 fully saturated rings. The standard InChI is InChI=1S/C11H13NO4/c1-7-3-9(4-8(2)11(7)15)5-12-16-6-10(13)14/h3-5,15H,6H2,1-2H3,(H,13,14). The van der Waals surface area contributed by atoms with E-state index in [9.17, 15) is 9.90 Å². The number of carbonyl (C=O) groups is 1. The minimum Gasteiger partial charge on any atom is -0.507 e. The van der Waals surface area contributed by atoms with Gasteiger partial charge in [-0.2, -0.15) is 0 Å². The van der Waals surface area contributed by atoms with Crippen molar-refractivity contribution in [1.29, 1.82) is 0 Å². The molecule has 1 aromatic rings. The van der Waals surface area contributed by atoms with Crippen LogP contribution in [0.2, 0.25) is 0 Å². The van der Waals surface area contributed by atoms with E-state index in [1.807, 2.05) is 0 Å². The average molecular weight is 223 g/mol. The Labute approximate surface area is 93.0 Å². The van der Waals surface area contributed by atoms with E-state index in [1.165, 1.54) is 6.21 Å². The molecule has 0 unspecified atom stereocenters. The molecule has 86 valence electrons. The molecule has 1 rings (SSSR count). The molecule has 0 saturated carbocycles. The lowest BCUT2D eigenvalue weighted by Gasteiger charge is -2.04. The number of benzene rings is 1. The van der Waals surface area contributed by atoms with Crippen LogP contribution in [0.4, 0.5) is 0 Å². The summed E-state index contributed by atoms with van der Waals surface area (Å²) in [5, 5.41) is 21.3. The fourth-order valence-corrected chi connectivity index (χ4v) is 1.25. The first-order valence-corrected chi connectivity index (χ1v) is 4.68. The number of aryl methyl sites for hydroxylation is 2. The Morgan fingerprint density at radius 3 is 2.50 bits per heavy atom. The number of aliphatic carboxylic acids is 1. The Bertz CT molecular complexity index is 403. The topological polar surface area (TPSA) is 79.1 Å². The lowest BCUT2D eigenvalue weighted by molar-refractivity contribution is -0.142. The predicted octanol–water partition coefficient (Wildman–Crippen LogP) is 1.44. The number of oxime groups is 1. The van der Waals surface area contributed by atoms with Crippen LogP contribution in [-0.4, -0.2) is 29.0 Å². The molecule has 16 heavy (non-hydrogen) atoms. The van der Waals surface area contributed by atoms with Crippen molar-refractivity contribution < 1.29 is 19.8 Å². The molecule has 0 aliphatic heterocycles. The summed E-state index contributed by atoms with van der Waals surface area (Å²) in [4.78, 5) is 14.6. The van der Waals surface area contributed by atoms with Crippen molar-refractivity contribution in [2.24, 2.45) is 5.16 Å². The van der Waals surface area contributed by atoms with Crippen molar-refractivity contribution in [1.82, 2.24) is 0 Å². The fraction of sp³-hybridized carbons (Fsp3) is 0.273. The van der Waals surface area contributed by atoms with Gasteiger partial charge in [-0.3, -0.25) is 0 Å². The summed E-state index contributed by atoms with van der Waals surface area (Å²) in [6.45, 7) is 3.09. The van der Waals surface area contributed by atoms with Crippen molar-refractivity contribution in [3.8, 4) is 5.75 Å². The van der Waals surface area contributed by atoms with Crippen LogP contribution < -0.4 is 0 Å². The molecular formula is C11H13NO4. The first-order chi connectivity index (χ1) is 7.50. The van der Waals surface area contributed by atoms with Crippen LogP contribution in [0, 0.1) is 13.8 Å². The fourth-order valence-electron chi connectivity index (χ4n) is 1.25. The molecule has 2 N–H and O–H groups in total. The molecular weight excluding hydrogens is 210 g/mol. The maximum atomic E-state index is 10.1. The summed E-state index contributed by atoms with van der Waals surface area (Å²) < 4.78 is 0. The molecule has 0 radical (unpaired) electrons. The van der Waals surface area contributed by atoms with Crippen LogP contribution in [0.5, 0.6) is 5.75 Å². The summed E-state index contributed by atoms with van der Waals surface area (Å²) in [6.07, 6.45) is 1.41. The van der Waals surface area contributed by atoms with Crippen molar-refractivity contribution >= 4 is 12.2 Å². The van der Waals surface area contributed by atoms with Crippen molar-refractivity contribution in [2.45, 2.75) is 13.8 Å². The Kier molecular flexibility index (Phi) is 3.88. The van der Waals surface area contributed by atoms with E-state index in [-0.39, 0.29) is 5.75 Å². The minimum atomic E-state index is -1.07. The van der Waals surface area contributed by atoms with Gasteiger partial charge in [-0.1, -0.05) is 5.16 Å². The zero-order valence-electron chi connectivity index (χ0n) is 9.10. The highest BCUT2D eigenvalue weighted by Gasteiger charge is 2.01. The van der Waals surface area contributed by atoms with E-state index < -0.39 is 12.6 Å². The second kappa shape index (κ2) is 5.16. The maximum absolute atomic E-state index is 10.1. The third-order valence-corrected chi connectivity index (χ3v) is 1.98. The molecule has 0 bridgehead atoms. The van der Waals surface area contributed by atoms with Crippen LogP contribution in [0.1, 0.15) is 16.7 Å². The van der Waals surface area contributed by atoms with Crippen LogP contribution in [0.25, 0.3) is 0 Å². The number of phenols is 1. The van der Waals surface area contributed by atoms with E-state index >= 15 is 0 Å². The molecule has 0 aliphatic carbocycles. The number of aromatic hydroxyl groups is 1.